The van der Waals surface area contributed by atoms with Gasteiger partial charge in [0.15, 0.2) is 0 Å². The van der Waals surface area contributed by atoms with Gasteiger partial charge in [-0.25, -0.2) is 4.98 Å². The van der Waals surface area contributed by atoms with Crippen LogP contribution in [-0.4, -0.2) is 9.55 Å². The molecular weight excluding hydrogens is 444 g/mol. The molecule has 3 aromatic heterocycles. The lowest BCUT2D eigenvalue weighted by molar-refractivity contribution is 0.663. The fraction of sp³-hybridized carbons (Fsp3) is 0.0312. The average Bonchev–Trinajstić information content (AvgIpc) is 3.58. The van der Waals surface area contributed by atoms with E-state index in [9.17, 15) is 0 Å². The molecule has 0 atom stereocenters. The molecule has 8 rings (SSSR count). The number of aryl methyl sites for hydroxylation is 1. The number of aromatic nitrogens is 2. The number of hydrogen-bond donors (Lipinski definition) is 0. The smallest absolute Gasteiger partial charge is 0.147 e. The van der Waals surface area contributed by atoms with E-state index in [4.69, 9.17) is 13.8 Å². The minimum atomic E-state index is 0.847. The third kappa shape index (κ3) is 2.61. The van der Waals surface area contributed by atoms with Crippen molar-refractivity contribution < 1.29 is 8.83 Å². The van der Waals surface area contributed by atoms with Gasteiger partial charge in [-0.05, 0) is 55.0 Å². The summed E-state index contributed by atoms with van der Waals surface area (Å²) in [6, 6.07) is 35.5. The highest BCUT2D eigenvalue weighted by molar-refractivity contribution is 6.25. The van der Waals surface area contributed by atoms with E-state index in [1.165, 1.54) is 0 Å². The second-order valence-corrected chi connectivity index (χ2v) is 9.23. The van der Waals surface area contributed by atoms with E-state index >= 15 is 0 Å². The van der Waals surface area contributed by atoms with Crippen molar-refractivity contribution >= 4 is 54.9 Å². The molecule has 4 nitrogen and oxygen atoms in total. The summed E-state index contributed by atoms with van der Waals surface area (Å²) >= 11 is 0. The predicted molar refractivity (Wildman–Crippen MR) is 146 cm³/mol. The molecule has 0 N–H and O–H groups in total. The van der Waals surface area contributed by atoms with Crippen molar-refractivity contribution in [2.24, 2.45) is 0 Å². The van der Waals surface area contributed by atoms with Gasteiger partial charge in [0, 0.05) is 27.4 Å². The van der Waals surface area contributed by atoms with Gasteiger partial charge < -0.3 is 8.83 Å². The molecule has 4 heteroatoms. The van der Waals surface area contributed by atoms with Crippen LogP contribution in [0, 0.1) is 6.92 Å². The molecular formula is C32H20N2O2. The topological polar surface area (TPSA) is 44.1 Å². The Kier molecular flexibility index (Phi) is 3.84. The third-order valence-corrected chi connectivity index (χ3v) is 7.15. The lowest BCUT2D eigenvalue weighted by atomic mass is 9.98. The highest BCUT2D eigenvalue weighted by Gasteiger charge is 2.20. The number of benzene rings is 5. The fourth-order valence-electron chi connectivity index (χ4n) is 5.54. The van der Waals surface area contributed by atoms with Crippen molar-refractivity contribution in [3.8, 4) is 16.8 Å². The maximum Gasteiger partial charge on any atom is 0.147 e. The molecule has 0 radical (unpaired) electrons. The maximum atomic E-state index is 6.45. The van der Waals surface area contributed by atoms with E-state index in [0.717, 1.165) is 77.5 Å². The highest BCUT2D eigenvalue weighted by atomic mass is 16.3. The van der Waals surface area contributed by atoms with Crippen molar-refractivity contribution in [1.82, 2.24) is 9.55 Å². The molecule has 0 saturated heterocycles. The van der Waals surface area contributed by atoms with Crippen LogP contribution in [0.1, 0.15) is 5.82 Å². The highest BCUT2D eigenvalue weighted by Crippen LogP contribution is 2.44. The zero-order valence-corrected chi connectivity index (χ0v) is 19.5. The summed E-state index contributed by atoms with van der Waals surface area (Å²) in [6.45, 7) is 2.05. The Balaban J connectivity index is 1.40. The van der Waals surface area contributed by atoms with E-state index in [1.54, 1.807) is 0 Å². The third-order valence-electron chi connectivity index (χ3n) is 7.15. The molecule has 3 heterocycles. The summed E-state index contributed by atoms with van der Waals surface area (Å²) in [6.07, 6.45) is 0. The summed E-state index contributed by atoms with van der Waals surface area (Å²) in [5.74, 6) is 0.968. The molecule has 0 fully saturated rings. The lowest BCUT2D eigenvalue weighted by Gasteiger charge is -2.09. The summed E-state index contributed by atoms with van der Waals surface area (Å²) < 4.78 is 15.0. The van der Waals surface area contributed by atoms with Gasteiger partial charge in [0.25, 0.3) is 0 Å². The van der Waals surface area contributed by atoms with Crippen LogP contribution >= 0.6 is 0 Å². The summed E-state index contributed by atoms with van der Waals surface area (Å²) in [5.41, 5.74) is 8.80. The van der Waals surface area contributed by atoms with Crippen LogP contribution in [0.5, 0.6) is 0 Å². The Morgan fingerprint density at radius 3 is 2.14 bits per heavy atom. The molecule has 0 saturated carbocycles. The van der Waals surface area contributed by atoms with Crippen molar-refractivity contribution in [3.63, 3.8) is 0 Å². The van der Waals surface area contributed by atoms with Crippen LogP contribution < -0.4 is 0 Å². The molecule has 0 amide bonds. The fourth-order valence-corrected chi connectivity index (χ4v) is 5.54. The summed E-state index contributed by atoms with van der Waals surface area (Å²) in [5, 5.41) is 4.30. The molecule has 5 aromatic carbocycles. The van der Waals surface area contributed by atoms with Gasteiger partial charge in [-0.2, -0.15) is 0 Å². The number of rotatable bonds is 2. The molecule has 0 unspecified atom stereocenters. The maximum absolute atomic E-state index is 6.45. The Morgan fingerprint density at radius 2 is 1.31 bits per heavy atom. The second kappa shape index (κ2) is 7.09. The number of furan rings is 2. The Labute approximate surface area is 206 Å². The SMILES string of the molecule is Cc1nc2ccccc2n1-c1ccc(-c2cc3c4ccccc4oc3c3c2oc2ccccc23)cc1. The first-order valence-electron chi connectivity index (χ1n) is 12.1. The summed E-state index contributed by atoms with van der Waals surface area (Å²) in [7, 11) is 0. The van der Waals surface area contributed by atoms with Gasteiger partial charge in [0.05, 0.1) is 16.4 Å². The standard InChI is InChI=1S/C32H20N2O2/c1-19-33-26-10-4-5-11-27(26)34(19)21-16-14-20(15-17-21)24-18-25-22-8-2-6-12-28(22)35-32(25)30-23-9-3-7-13-29(23)36-31(24)30/h2-18H,1H3. The van der Waals surface area contributed by atoms with E-state index in [2.05, 4.69) is 71.3 Å². The van der Waals surface area contributed by atoms with Crippen LogP contribution in [0.4, 0.5) is 0 Å². The van der Waals surface area contributed by atoms with Gasteiger partial charge in [-0.1, -0.05) is 60.7 Å². The zero-order valence-electron chi connectivity index (χ0n) is 19.5. The predicted octanol–water partition coefficient (Wildman–Crippen LogP) is 8.80. The van der Waals surface area contributed by atoms with Gasteiger partial charge in [-0.3, -0.25) is 4.57 Å². The molecule has 36 heavy (non-hydrogen) atoms. The van der Waals surface area contributed by atoms with Crippen molar-refractivity contribution in [3.05, 3.63) is 109 Å². The van der Waals surface area contributed by atoms with Crippen LogP contribution in [-0.2, 0) is 0 Å². The summed E-state index contributed by atoms with van der Waals surface area (Å²) in [4.78, 5) is 4.73. The molecule has 0 aliphatic rings. The molecule has 0 aliphatic carbocycles. The largest absolute Gasteiger partial charge is 0.455 e. The average molecular weight is 465 g/mol. The van der Waals surface area contributed by atoms with E-state index in [-0.39, 0.29) is 0 Å². The van der Waals surface area contributed by atoms with Crippen LogP contribution in [0.2, 0.25) is 0 Å². The van der Waals surface area contributed by atoms with Crippen molar-refractivity contribution in [2.45, 2.75) is 6.92 Å². The number of nitrogens with zero attached hydrogens (tertiary/aromatic N) is 2. The van der Waals surface area contributed by atoms with Crippen molar-refractivity contribution in [1.29, 1.82) is 0 Å². The first-order valence-corrected chi connectivity index (χ1v) is 12.1. The van der Waals surface area contributed by atoms with Crippen LogP contribution in [0.15, 0.2) is 112 Å². The Bertz CT molecular complexity index is 2110. The molecule has 0 bridgehead atoms. The first kappa shape index (κ1) is 19.5. The lowest BCUT2D eigenvalue weighted by Crippen LogP contribution is -1.96. The Hall–Kier alpha value is -4.83. The first-order chi connectivity index (χ1) is 17.8. The zero-order chi connectivity index (χ0) is 23.8. The van der Waals surface area contributed by atoms with E-state index < -0.39 is 0 Å². The molecule has 0 spiro atoms. The van der Waals surface area contributed by atoms with E-state index in [1.807, 2.05) is 43.3 Å². The molecule has 0 aliphatic heterocycles. The number of para-hydroxylation sites is 4. The van der Waals surface area contributed by atoms with Gasteiger partial charge >= 0.3 is 0 Å². The van der Waals surface area contributed by atoms with E-state index in [0.29, 0.717) is 0 Å². The number of fused-ring (bicyclic) bond motifs is 8. The van der Waals surface area contributed by atoms with Gasteiger partial charge in [0.1, 0.15) is 28.2 Å². The molecule has 8 aromatic rings. The second-order valence-electron chi connectivity index (χ2n) is 9.23. The normalized spacial score (nSPS) is 12.0. The number of imidazole rings is 1. The van der Waals surface area contributed by atoms with Gasteiger partial charge in [-0.15, -0.1) is 0 Å². The quantitative estimate of drug-likeness (QED) is 0.257. The monoisotopic (exact) mass is 464 g/mol. The van der Waals surface area contributed by atoms with Crippen LogP contribution in [0.3, 0.4) is 0 Å². The van der Waals surface area contributed by atoms with Crippen LogP contribution in [0.25, 0.3) is 71.7 Å². The van der Waals surface area contributed by atoms with Gasteiger partial charge in [0.2, 0.25) is 0 Å². The Morgan fingerprint density at radius 1 is 0.639 bits per heavy atom. The van der Waals surface area contributed by atoms with Crippen molar-refractivity contribution in [2.75, 3.05) is 0 Å². The molecule has 170 valence electrons. The minimum absolute atomic E-state index is 0.847. The minimum Gasteiger partial charge on any atom is -0.455 e. The number of hydrogen-bond acceptors (Lipinski definition) is 3.